The molecule has 14 heavy (non-hydrogen) atoms. The molecule has 0 spiro atoms. The summed E-state index contributed by atoms with van der Waals surface area (Å²) in [6.45, 7) is 6.67. The van der Waals surface area contributed by atoms with Crippen molar-refractivity contribution in [1.29, 1.82) is 0 Å². The van der Waals surface area contributed by atoms with Crippen LogP contribution in [0.5, 0.6) is 0 Å². The second kappa shape index (κ2) is 8.96. The summed E-state index contributed by atoms with van der Waals surface area (Å²) in [5.74, 6) is 0.668. The van der Waals surface area contributed by atoms with Crippen LogP contribution in [0, 0.1) is 5.92 Å². The molecule has 0 aliphatic rings. The maximum Gasteiger partial charge on any atom is 0.0206 e. The van der Waals surface area contributed by atoms with Crippen molar-refractivity contribution in [3.63, 3.8) is 0 Å². The Bertz CT molecular complexity index is 152. The number of alkyl halides is 2. The van der Waals surface area contributed by atoms with Crippen molar-refractivity contribution in [2.24, 2.45) is 5.92 Å². The van der Waals surface area contributed by atoms with Crippen LogP contribution in [0.2, 0.25) is 0 Å². The van der Waals surface area contributed by atoms with E-state index in [4.69, 9.17) is 0 Å². The summed E-state index contributed by atoms with van der Waals surface area (Å²) in [6.07, 6.45) is 9.56. The van der Waals surface area contributed by atoms with Crippen LogP contribution in [0.4, 0.5) is 0 Å². The Labute approximate surface area is 106 Å². The minimum Gasteiger partial charge on any atom is -0.0893 e. The fourth-order valence-corrected chi connectivity index (χ4v) is 2.29. The van der Waals surface area contributed by atoms with Crippen molar-refractivity contribution in [1.82, 2.24) is 0 Å². The predicted octanol–water partition coefficient (Wildman–Crippen LogP) is 5.31. The number of halogens is 2. The predicted molar refractivity (Wildman–Crippen MR) is 73.6 cm³/mol. The van der Waals surface area contributed by atoms with E-state index in [2.05, 4.69) is 64.8 Å². The molecule has 3 atom stereocenters. The number of unbranched alkanes of at least 4 members (excludes halogenated alkanes) is 1. The second-order valence-corrected chi connectivity index (χ2v) is 6.56. The van der Waals surface area contributed by atoms with Crippen molar-refractivity contribution in [2.75, 3.05) is 0 Å². The van der Waals surface area contributed by atoms with E-state index >= 15 is 0 Å². The number of hydrogen-bond acceptors (Lipinski definition) is 0. The number of hydrogen-bond donors (Lipinski definition) is 0. The fourth-order valence-electron chi connectivity index (χ4n) is 1.46. The molecule has 0 amide bonds. The quantitative estimate of drug-likeness (QED) is 0.440. The zero-order valence-electron chi connectivity index (χ0n) is 9.47. The molecule has 0 aliphatic heterocycles. The molecule has 0 aromatic rings. The summed E-state index contributed by atoms with van der Waals surface area (Å²) in [7, 11) is 0. The highest BCUT2D eigenvalue weighted by Gasteiger charge is 2.15. The standard InChI is InChI=1S/C12H22Br2/c1-4-6-7-8-11(9-10(3)13)12(14)5-2/h7-8,10-12H,4-6,9H2,1-3H3. The maximum absolute atomic E-state index is 3.75. The summed E-state index contributed by atoms with van der Waals surface area (Å²) < 4.78 is 0. The van der Waals surface area contributed by atoms with Gasteiger partial charge in [-0.15, -0.1) is 0 Å². The largest absolute Gasteiger partial charge is 0.0893 e. The first-order valence-electron chi connectivity index (χ1n) is 5.56. The van der Waals surface area contributed by atoms with Gasteiger partial charge in [0.2, 0.25) is 0 Å². The fraction of sp³-hybridized carbons (Fsp3) is 0.833. The molecule has 0 radical (unpaired) electrons. The van der Waals surface area contributed by atoms with Crippen LogP contribution in [-0.4, -0.2) is 9.65 Å². The van der Waals surface area contributed by atoms with Gasteiger partial charge in [-0.2, -0.15) is 0 Å². The van der Waals surface area contributed by atoms with Crippen LogP contribution in [0.15, 0.2) is 12.2 Å². The van der Waals surface area contributed by atoms with Gasteiger partial charge in [-0.3, -0.25) is 0 Å². The third-order valence-electron chi connectivity index (χ3n) is 2.29. The van der Waals surface area contributed by atoms with Crippen LogP contribution in [-0.2, 0) is 0 Å². The van der Waals surface area contributed by atoms with Gasteiger partial charge in [-0.25, -0.2) is 0 Å². The molecule has 0 rings (SSSR count). The van der Waals surface area contributed by atoms with Crippen molar-refractivity contribution < 1.29 is 0 Å². The molecule has 0 aliphatic carbocycles. The molecule has 0 saturated carbocycles. The molecular weight excluding hydrogens is 304 g/mol. The van der Waals surface area contributed by atoms with Gasteiger partial charge in [0.15, 0.2) is 0 Å². The highest BCUT2D eigenvalue weighted by molar-refractivity contribution is 9.09. The molecule has 0 bridgehead atoms. The molecular formula is C12H22Br2. The highest BCUT2D eigenvalue weighted by atomic mass is 79.9. The second-order valence-electron chi connectivity index (χ2n) is 3.82. The van der Waals surface area contributed by atoms with Gasteiger partial charge in [0.1, 0.15) is 0 Å². The summed E-state index contributed by atoms with van der Waals surface area (Å²) in [6, 6.07) is 0. The van der Waals surface area contributed by atoms with E-state index in [1.54, 1.807) is 0 Å². The van der Waals surface area contributed by atoms with E-state index in [1.165, 1.54) is 25.7 Å². The van der Waals surface area contributed by atoms with Crippen molar-refractivity contribution in [3.8, 4) is 0 Å². The lowest BCUT2D eigenvalue weighted by atomic mass is 9.97. The first kappa shape index (κ1) is 14.7. The molecule has 0 saturated heterocycles. The van der Waals surface area contributed by atoms with Crippen LogP contribution < -0.4 is 0 Å². The van der Waals surface area contributed by atoms with Crippen LogP contribution in [0.3, 0.4) is 0 Å². The Balaban J connectivity index is 4.09. The molecule has 3 unspecified atom stereocenters. The average Bonchev–Trinajstić information content (AvgIpc) is 2.15. The smallest absolute Gasteiger partial charge is 0.0206 e. The highest BCUT2D eigenvalue weighted by Crippen LogP contribution is 2.25. The van der Waals surface area contributed by atoms with Crippen LogP contribution in [0.25, 0.3) is 0 Å². The van der Waals surface area contributed by atoms with Crippen molar-refractivity contribution in [2.45, 2.75) is 56.1 Å². The Hall–Kier alpha value is 0.700. The zero-order chi connectivity index (χ0) is 11.0. The minimum absolute atomic E-state index is 0.602. The SMILES string of the molecule is CCCC=CC(CC(C)Br)C(Br)CC. The normalized spacial score (nSPS) is 18.4. The van der Waals surface area contributed by atoms with Gasteiger partial charge in [0.05, 0.1) is 0 Å². The lowest BCUT2D eigenvalue weighted by molar-refractivity contribution is 0.558. The van der Waals surface area contributed by atoms with E-state index in [9.17, 15) is 0 Å². The Kier molecular flexibility index (Phi) is 9.41. The molecule has 0 nitrogen and oxygen atoms in total. The van der Waals surface area contributed by atoms with Gasteiger partial charge in [0, 0.05) is 9.65 Å². The molecule has 0 N–H and O–H groups in total. The Morgan fingerprint density at radius 2 is 1.86 bits per heavy atom. The van der Waals surface area contributed by atoms with E-state index in [-0.39, 0.29) is 0 Å². The van der Waals surface area contributed by atoms with Gasteiger partial charge < -0.3 is 0 Å². The van der Waals surface area contributed by atoms with E-state index in [1.807, 2.05) is 0 Å². The van der Waals surface area contributed by atoms with Gasteiger partial charge in [0.25, 0.3) is 0 Å². The third kappa shape index (κ3) is 7.05. The summed E-state index contributed by atoms with van der Waals surface area (Å²) in [5.41, 5.74) is 0. The first-order valence-corrected chi connectivity index (χ1v) is 7.39. The summed E-state index contributed by atoms with van der Waals surface area (Å²) in [5, 5.41) is 0. The van der Waals surface area contributed by atoms with E-state index < -0.39 is 0 Å². The maximum atomic E-state index is 3.75. The monoisotopic (exact) mass is 324 g/mol. The Morgan fingerprint density at radius 1 is 1.21 bits per heavy atom. The lowest BCUT2D eigenvalue weighted by Gasteiger charge is -2.19. The molecule has 84 valence electrons. The first-order chi connectivity index (χ1) is 6.61. The molecule has 2 heteroatoms. The lowest BCUT2D eigenvalue weighted by Crippen LogP contribution is -2.14. The van der Waals surface area contributed by atoms with Gasteiger partial charge in [-0.05, 0) is 25.2 Å². The molecule has 0 aromatic heterocycles. The number of rotatable bonds is 7. The molecule has 0 heterocycles. The molecule has 0 aromatic carbocycles. The van der Waals surface area contributed by atoms with Gasteiger partial charge in [-0.1, -0.05) is 71.2 Å². The van der Waals surface area contributed by atoms with Gasteiger partial charge >= 0.3 is 0 Å². The van der Waals surface area contributed by atoms with Crippen LogP contribution >= 0.6 is 31.9 Å². The minimum atomic E-state index is 0.602. The zero-order valence-corrected chi connectivity index (χ0v) is 12.6. The van der Waals surface area contributed by atoms with Crippen LogP contribution in [0.1, 0.15) is 46.5 Å². The van der Waals surface area contributed by atoms with Crippen molar-refractivity contribution >= 4 is 31.9 Å². The Morgan fingerprint density at radius 3 is 2.29 bits per heavy atom. The van der Waals surface area contributed by atoms with E-state index in [0.29, 0.717) is 15.6 Å². The summed E-state index contributed by atoms with van der Waals surface area (Å²) >= 11 is 7.38. The summed E-state index contributed by atoms with van der Waals surface area (Å²) in [4.78, 5) is 1.22. The topological polar surface area (TPSA) is 0 Å². The van der Waals surface area contributed by atoms with Crippen molar-refractivity contribution in [3.05, 3.63) is 12.2 Å². The number of allylic oxidation sites excluding steroid dienone is 2. The molecule has 0 fully saturated rings. The average molecular weight is 326 g/mol. The third-order valence-corrected chi connectivity index (χ3v) is 3.99. The van der Waals surface area contributed by atoms with E-state index in [0.717, 1.165) is 0 Å².